The maximum atomic E-state index is 12.5. The maximum absolute atomic E-state index is 12.5. The van der Waals surface area contributed by atoms with E-state index < -0.39 is 0 Å². The number of carbonyl (C=O) groups is 2. The van der Waals surface area contributed by atoms with Crippen LogP contribution in [0.15, 0.2) is 48.5 Å². The highest BCUT2D eigenvalue weighted by Gasteiger charge is 2.23. The number of para-hydroxylation sites is 2. The Morgan fingerprint density at radius 3 is 2.68 bits per heavy atom. The number of amides is 2. The van der Waals surface area contributed by atoms with Crippen molar-refractivity contribution in [2.24, 2.45) is 0 Å². The largest absolute Gasteiger partial charge is 0.494 e. The number of ether oxygens (including phenoxy) is 2. The Morgan fingerprint density at radius 1 is 1.11 bits per heavy atom. The lowest BCUT2D eigenvalue weighted by Gasteiger charge is -2.29. The smallest absolute Gasteiger partial charge is 0.227 e. The van der Waals surface area contributed by atoms with Gasteiger partial charge in [-0.2, -0.15) is 0 Å². The molecule has 1 N–H and O–H groups in total. The number of anilines is 1. The minimum Gasteiger partial charge on any atom is -0.494 e. The minimum atomic E-state index is -0.138. The highest BCUT2D eigenvalue weighted by Crippen LogP contribution is 2.31. The zero-order valence-corrected chi connectivity index (χ0v) is 16.1. The molecule has 3 rings (SSSR count). The molecular formula is C22H26N2O4. The van der Waals surface area contributed by atoms with Crippen LogP contribution in [0, 0.1) is 0 Å². The summed E-state index contributed by atoms with van der Waals surface area (Å²) in [5, 5.41) is 2.86. The lowest BCUT2D eigenvalue weighted by molar-refractivity contribution is -0.125. The van der Waals surface area contributed by atoms with E-state index in [9.17, 15) is 9.59 Å². The van der Waals surface area contributed by atoms with Crippen LogP contribution in [0.1, 0.15) is 31.7 Å². The van der Waals surface area contributed by atoms with Gasteiger partial charge in [-0.25, -0.2) is 0 Å². The van der Waals surface area contributed by atoms with Crippen molar-refractivity contribution in [2.75, 3.05) is 24.7 Å². The molecule has 0 atom stereocenters. The van der Waals surface area contributed by atoms with Gasteiger partial charge in [0.15, 0.2) is 0 Å². The number of rotatable bonds is 8. The molecule has 2 aromatic rings. The zero-order chi connectivity index (χ0) is 19.8. The molecule has 0 fully saturated rings. The maximum Gasteiger partial charge on any atom is 0.227 e. The van der Waals surface area contributed by atoms with Gasteiger partial charge < -0.3 is 19.7 Å². The Hall–Kier alpha value is -3.02. The van der Waals surface area contributed by atoms with Gasteiger partial charge in [-0.1, -0.05) is 31.2 Å². The molecule has 0 saturated heterocycles. The van der Waals surface area contributed by atoms with Gasteiger partial charge in [0.2, 0.25) is 11.8 Å². The number of hydrogen-bond acceptors (Lipinski definition) is 4. The number of nitrogens with zero attached hydrogens (tertiary/aromatic N) is 1. The van der Waals surface area contributed by atoms with Crippen LogP contribution in [0.3, 0.4) is 0 Å². The van der Waals surface area contributed by atoms with Crippen LogP contribution in [0.5, 0.6) is 11.5 Å². The molecule has 0 aromatic heterocycles. The van der Waals surface area contributed by atoms with Crippen LogP contribution in [0.2, 0.25) is 0 Å². The predicted molar refractivity (Wildman–Crippen MR) is 108 cm³/mol. The Kier molecular flexibility index (Phi) is 6.89. The normalized spacial score (nSPS) is 12.7. The van der Waals surface area contributed by atoms with E-state index in [4.69, 9.17) is 9.47 Å². The molecule has 1 aliphatic rings. The lowest BCUT2D eigenvalue weighted by atomic mass is 10.2. The second kappa shape index (κ2) is 9.78. The molecule has 0 saturated carbocycles. The summed E-state index contributed by atoms with van der Waals surface area (Å²) in [6, 6.07) is 15.1. The monoisotopic (exact) mass is 382 g/mol. The first-order chi connectivity index (χ1) is 13.7. The molecule has 28 heavy (non-hydrogen) atoms. The topological polar surface area (TPSA) is 67.9 Å². The van der Waals surface area contributed by atoms with Crippen molar-refractivity contribution in [1.29, 1.82) is 0 Å². The predicted octanol–water partition coefficient (Wildman–Crippen LogP) is 3.30. The summed E-state index contributed by atoms with van der Waals surface area (Å²) in [5.41, 5.74) is 1.76. The average molecular weight is 382 g/mol. The number of carbonyl (C=O) groups excluding carboxylic acids is 2. The van der Waals surface area contributed by atoms with Crippen LogP contribution in [0.25, 0.3) is 0 Å². The van der Waals surface area contributed by atoms with Crippen molar-refractivity contribution in [1.82, 2.24) is 5.32 Å². The van der Waals surface area contributed by atoms with Crippen LogP contribution in [0.4, 0.5) is 5.69 Å². The summed E-state index contributed by atoms with van der Waals surface area (Å²) >= 11 is 0. The number of fused-ring (bicyclic) bond motifs is 1. The van der Waals surface area contributed by atoms with E-state index in [1.54, 1.807) is 4.90 Å². The van der Waals surface area contributed by atoms with Crippen molar-refractivity contribution >= 4 is 17.5 Å². The van der Waals surface area contributed by atoms with E-state index in [2.05, 4.69) is 12.2 Å². The van der Waals surface area contributed by atoms with Crippen molar-refractivity contribution < 1.29 is 19.1 Å². The van der Waals surface area contributed by atoms with Gasteiger partial charge in [0.05, 0.1) is 18.8 Å². The first-order valence-electron chi connectivity index (χ1n) is 9.68. The van der Waals surface area contributed by atoms with E-state index in [0.717, 1.165) is 23.4 Å². The zero-order valence-electron chi connectivity index (χ0n) is 16.1. The number of hydrogen-bond donors (Lipinski definition) is 1. The first kappa shape index (κ1) is 19.7. The summed E-state index contributed by atoms with van der Waals surface area (Å²) in [6.07, 6.45) is 1.30. The standard InChI is InChI=1S/C22H26N2O4/c1-2-14-27-18-9-7-17(8-10-18)16-23-21(25)11-12-22(26)24-13-15-28-20-6-4-3-5-19(20)24/h3-10H,2,11-16H2,1H3,(H,23,25). The highest BCUT2D eigenvalue weighted by atomic mass is 16.5. The van der Waals surface area contributed by atoms with Crippen LogP contribution in [-0.4, -0.2) is 31.6 Å². The molecule has 0 spiro atoms. The van der Waals surface area contributed by atoms with E-state index in [1.165, 1.54) is 0 Å². The molecule has 0 aliphatic carbocycles. The molecule has 2 amide bonds. The van der Waals surface area contributed by atoms with Gasteiger partial charge in [-0.05, 0) is 36.2 Å². The molecule has 0 radical (unpaired) electrons. The van der Waals surface area contributed by atoms with Gasteiger partial charge in [0, 0.05) is 19.4 Å². The SMILES string of the molecule is CCCOc1ccc(CNC(=O)CCC(=O)N2CCOc3ccccc32)cc1. The van der Waals surface area contributed by atoms with Crippen LogP contribution >= 0.6 is 0 Å². The van der Waals surface area contributed by atoms with Gasteiger partial charge in [0.1, 0.15) is 18.1 Å². The van der Waals surface area contributed by atoms with Crippen LogP contribution < -0.4 is 19.7 Å². The van der Waals surface area contributed by atoms with Crippen molar-refractivity contribution in [3.8, 4) is 11.5 Å². The molecule has 6 heteroatoms. The van der Waals surface area contributed by atoms with Crippen molar-refractivity contribution in [3.05, 3.63) is 54.1 Å². The molecule has 0 unspecified atom stereocenters. The third-order valence-corrected chi connectivity index (χ3v) is 4.48. The molecule has 1 aliphatic heterocycles. The first-order valence-corrected chi connectivity index (χ1v) is 9.68. The molecule has 1 heterocycles. The quantitative estimate of drug-likeness (QED) is 0.761. The molecule has 2 aromatic carbocycles. The fraction of sp³-hybridized carbons (Fsp3) is 0.364. The van der Waals surface area contributed by atoms with Gasteiger partial charge >= 0.3 is 0 Å². The van der Waals surface area contributed by atoms with E-state index >= 15 is 0 Å². The fourth-order valence-corrected chi connectivity index (χ4v) is 3.00. The van der Waals surface area contributed by atoms with Crippen molar-refractivity contribution in [2.45, 2.75) is 32.7 Å². The third-order valence-electron chi connectivity index (χ3n) is 4.48. The Morgan fingerprint density at radius 2 is 1.89 bits per heavy atom. The molecular weight excluding hydrogens is 356 g/mol. The second-order valence-electron chi connectivity index (χ2n) is 6.63. The molecule has 6 nitrogen and oxygen atoms in total. The number of nitrogens with one attached hydrogen (secondary N) is 1. The molecule has 148 valence electrons. The average Bonchev–Trinajstić information content (AvgIpc) is 2.74. The summed E-state index contributed by atoms with van der Waals surface area (Å²) in [5.74, 6) is 1.33. The van der Waals surface area contributed by atoms with Crippen molar-refractivity contribution in [3.63, 3.8) is 0 Å². The molecule has 0 bridgehead atoms. The second-order valence-corrected chi connectivity index (χ2v) is 6.63. The third kappa shape index (κ3) is 5.25. The number of benzene rings is 2. The van der Waals surface area contributed by atoms with Gasteiger partial charge in [-0.3, -0.25) is 9.59 Å². The van der Waals surface area contributed by atoms with E-state index in [1.807, 2.05) is 48.5 Å². The Labute approximate surface area is 165 Å². The fourth-order valence-electron chi connectivity index (χ4n) is 3.00. The highest BCUT2D eigenvalue weighted by molar-refractivity contribution is 5.97. The Balaban J connectivity index is 1.44. The van der Waals surface area contributed by atoms with Gasteiger partial charge in [-0.15, -0.1) is 0 Å². The minimum absolute atomic E-state index is 0.0664. The summed E-state index contributed by atoms with van der Waals surface area (Å²) < 4.78 is 11.1. The summed E-state index contributed by atoms with van der Waals surface area (Å²) in [7, 11) is 0. The lowest BCUT2D eigenvalue weighted by Crippen LogP contribution is -2.38. The van der Waals surface area contributed by atoms with E-state index in [-0.39, 0.29) is 24.7 Å². The summed E-state index contributed by atoms with van der Waals surface area (Å²) in [6.45, 7) is 4.16. The van der Waals surface area contributed by atoms with Crippen LogP contribution in [-0.2, 0) is 16.1 Å². The Bertz CT molecular complexity index is 804. The van der Waals surface area contributed by atoms with Gasteiger partial charge in [0.25, 0.3) is 0 Å². The van der Waals surface area contributed by atoms with E-state index in [0.29, 0.717) is 32.1 Å². The summed E-state index contributed by atoms with van der Waals surface area (Å²) in [4.78, 5) is 26.4.